The number of carbonyl (C=O) groups is 1. The maximum absolute atomic E-state index is 13.0. The molecule has 0 bridgehead atoms. The maximum atomic E-state index is 13.0. The number of ether oxygens (including phenoxy) is 3. The molecule has 10 heteroatoms. The van der Waals surface area contributed by atoms with E-state index >= 15 is 0 Å². The number of Topliss-reactive ketones (excluding diaryl/α,β-unsaturated/α-hetero) is 1. The second-order valence-electron chi connectivity index (χ2n) is 5.81. The lowest BCUT2D eigenvalue weighted by molar-refractivity contribution is 0.102. The number of nitrogen functional groups attached to an aromatic ring is 1. The lowest BCUT2D eigenvalue weighted by atomic mass is 10.1. The van der Waals surface area contributed by atoms with Crippen molar-refractivity contribution >= 4 is 17.5 Å². The van der Waals surface area contributed by atoms with Gasteiger partial charge in [0.1, 0.15) is 5.82 Å². The normalized spacial score (nSPS) is 10.6. The minimum absolute atomic E-state index is 0.0796. The molecule has 0 fully saturated rings. The molecular formula is C19H19FN4O4S. The van der Waals surface area contributed by atoms with Gasteiger partial charge < -0.3 is 20.1 Å². The highest BCUT2D eigenvalue weighted by molar-refractivity contribution is 7.99. The highest BCUT2D eigenvalue weighted by atomic mass is 32.2. The zero-order valence-corrected chi connectivity index (χ0v) is 16.8. The molecule has 0 aliphatic rings. The number of nitrogens with two attached hydrogens (primary N) is 1. The Morgan fingerprint density at radius 1 is 1.07 bits per heavy atom. The largest absolute Gasteiger partial charge is 0.493 e. The zero-order chi connectivity index (χ0) is 21.0. The van der Waals surface area contributed by atoms with Crippen molar-refractivity contribution in [2.24, 2.45) is 0 Å². The highest BCUT2D eigenvalue weighted by Gasteiger charge is 2.19. The first kappa shape index (κ1) is 20.5. The summed E-state index contributed by atoms with van der Waals surface area (Å²) >= 11 is 1.13. The van der Waals surface area contributed by atoms with E-state index in [2.05, 4.69) is 10.2 Å². The van der Waals surface area contributed by atoms with Crippen molar-refractivity contribution in [3.8, 4) is 28.6 Å². The molecule has 0 unspecified atom stereocenters. The third-order valence-corrected chi connectivity index (χ3v) is 5.03. The predicted molar refractivity (Wildman–Crippen MR) is 107 cm³/mol. The molecule has 0 amide bonds. The topological polar surface area (TPSA) is 101 Å². The molecule has 0 radical (unpaired) electrons. The Morgan fingerprint density at radius 2 is 1.69 bits per heavy atom. The third-order valence-electron chi connectivity index (χ3n) is 4.09. The molecule has 3 rings (SSSR count). The summed E-state index contributed by atoms with van der Waals surface area (Å²) in [5.74, 6) is 7.35. The maximum Gasteiger partial charge on any atom is 0.210 e. The van der Waals surface area contributed by atoms with Crippen LogP contribution in [0.2, 0.25) is 0 Å². The van der Waals surface area contributed by atoms with Crippen LogP contribution in [-0.4, -0.2) is 47.7 Å². The molecule has 0 atom stereocenters. The summed E-state index contributed by atoms with van der Waals surface area (Å²) in [5, 5.41) is 8.51. The van der Waals surface area contributed by atoms with Crippen LogP contribution in [-0.2, 0) is 0 Å². The quantitative estimate of drug-likeness (QED) is 0.339. The van der Waals surface area contributed by atoms with Crippen molar-refractivity contribution in [2.75, 3.05) is 32.9 Å². The van der Waals surface area contributed by atoms with Gasteiger partial charge in [-0.25, -0.2) is 9.07 Å². The van der Waals surface area contributed by atoms with E-state index < -0.39 is 5.82 Å². The van der Waals surface area contributed by atoms with Gasteiger partial charge in [0.25, 0.3) is 0 Å². The number of methoxy groups -OCH3 is 3. The molecule has 8 nitrogen and oxygen atoms in total. The fourth-order valence-corrected chi connectivity index (χ4v) is 3.38. The van der Waals surface area contributed by atoms with E-state index in [1.165, 1.54) is 50.3 Å². The Bertz CT molecular complexity index is 999. The highest BCUT2D eigenvalue weighted by Crippen LogP contribution is 2.40. The number of benzene rings is 2. The van der Waals surface area contributed by atoms with Crippen LogP contribution < -0.4 is 20.1 Å². The predicted octanol–water partition coefficient (Wildman–Crippen LogP) is 2.80. The number of rotatable bonds is 8. The number of carbonyl (C=O) groups excluding carboxylic acids is 1. The van der Waals surface area contributed by atoms with E-state index in [1.807, 2.05) is 0 Å². The van der Waals surface area contributed by atoms with Crippen LogP contribution >= 0.6 is 11.8 Å². The van der Waals surface area contributed by atoms with Gasteiger partial charge in [0.15, 0.2) is 23.1 Å². The molecule has 0 saturated carbocycles. The van der Waals surface area contributed by atoms with Crippen molar-refractivity contribution in [1.29, 1.82) is 0 Å². The van der Waals surface area contributed by atoms with Crippen LogP contribution in [0.5, 0.6) is 17.2 Å². The third kappa shape index (κ3) is 4.27. The summed E-state index contributed by atoms with van der Waals surface area (Å²) in [4.78, 5) is 12.3. The number of aromatic nitrogens is 3. The molecule has 2 aromatic carbocycles. The second kappa shape index (κ2) is 8.82. The summed E-state index contributed by atoms with van der Waals surface area (Å²) in [6.07, 6.45) is 0. The van der Waals surface area contributed by atoms with Gasteiger partial charge in [-0.3, -0.25) is 4.79 Å². The summed E-state index contributed by atoms with van der Waals surface area (Å²) in [6, 6.07) is 8.76. The number of thioether (sulfide) groups is 1. The molecule has 1 aromatic heterocycles. The Balaban J connectivity index is 1.82. The van der Waals surface area contributed by atoms with Gasteiger partial charge in [0, 0.05) is 11.1 Å². The van der Waals surface area contributed by atoms with Gasteiger partial charge in [0.05, 0.1) is 27.1 Å². The fourth-order valence-electron chi connectivity index (χ4n) is 2.63. The summed E-state index contributed by atoms with van der Waals surface area (Å²) in [7, 11) is 4.53. The van der Waals surface area contributed by atoms with Crippen LogP contribution in [0.3, 0.4) is 0 Å². The van der Waals surface area contributed by atoms with Crippen molar-refractivity contribution in [3.05, 3.63) is 47.8 Å². The molecule has 29 heavy (non-hydrogen) atoms. The lowest BCUT2D eigenvalue weighted by Crippen LogP contribution is -2.13. The van der Waals surface area contributed by atoms with Gasteiger partial charge in [-0.05, 0) is 36.4 Å². The number of hydrogen-bond donors (Lipinski definition) is 1. The fraction of sp³-hybridized carbons (Fsp3) is 0.211. The van der Waals surface area contributed by atoms with Crippen LogP contribution in [0, 0.1) is 5.82 Å². The average molecular weight is 418 g/mol. The minimum atomic E-state index is -0.397. The Labute approximate surface area is 170 Å². The molecule has 0 saturated heterocycles. The SMILES string of the molecule is COc1cc(-c2nnc(SCC(=O)c3ccc(F)cc3)n2N)cc(OC)c1OC. The molecule has 2 N–H and O–H groups in total. The molecule has 3 aromatic rings. The summed E-state index contributed by atoms with van der Waals surface area (Å²) in [5.41, 5.74) is 1.01. The van der Waals surface area contributed by atoms with Crippen LogP contribution in [0.15, 0.2) is 41.6 Å². The van der Waals surface area contributed by atoms with Crippen molar-refractivity contribution in [2.45, 2.75) is 5.16 Å². The number of halogens is 1. The van der Waals surface area contributed by atoms with Gasteiger partial charge in [-0.1, -0.05) is 11.8 Å². The van der Waals surface area contributed by atoms with E-state index in [0.717, 1.165) is 11.8 Å². The van der Waals surface area contributed by atoms with E-state index in [0.29, 0.717) is 39.4 Å². The average Bonchev–Trinajstić information content (AvgIpc) is 3.11. The first-order valence-corrected chi connectivity index (χ1v) is 9.39. The van der Waals surface area contributed by atoms with Crippen molar-refractivity contribution in [1.82, 2.24) is 14.9 Å². The number of nitrogens with zero attached hydrogens (tertiary/aromatic N) is 3. The first-order valence-electron chi connectivity index (χ1n) is 8.41. The standard InChI is InChI=1S/C19H19FN4O4S/c1-26-15-8-12(9-16(27-2)17(15)28-3)18-22-23-19(24(18)21)29-10-14(25)11-4-6-13(20)7-5-11/h4-9H,10,21H2,1-3H3. The van der Waals surface area contributed by atoms with E-state index in [9.17, 15) is 9.18 Å². The van der Waals surface area contributed by atoms with Crippen LogP contribution in [0.25, 0.3) is 11.4 Å². The Kier molecular flexibility index (Phi) is 6.23. The van der Waals surface area contributed by atoms with Crippen LogP contribution in [0.1, 0.15) is 10.4 Å². The summed E-state index contributed by atoms with van der Waals surface area (Å²) in [6.45, 7) is 0. The van der Waals surface area contributed by atoms with Gasteiger partial charge in [-0.15, -0.1) is 10.2 Å². The molecule has 0 spiro atoms. The summed E-state index contributed by atoms with van der Waals surface area (Å²) < 4.78 is 30.3. The monoisotopic (exact) mass is 418 g/mol. The first-order chi connectivity index (χ1) is 14.0. The molecule has 1 heterocycles. The van der Waals surface area contributed by atoms with Crippen LogP contribution in [0.4, 0.5) is 4.39 Å². The zero-order valence-electron chi connectivity index (χ0n) is 16.0. The van der Waals surface area contributed by atoms with Gasteiger partial charge in [-0.2, -0.15) is 0 Å². The number of ketones is 1. The Morgan fingerprint density at radius 3 is 2.24 bits per heavy atom. The smallest absolute Gasteiger partial charge is 0.210 e. The van der Waals surface area contributed by atoms with E-state index in [4.69, 9.17) is 20.1 Å². The van der Waals surface area contributed by atoms with Crippen molar-refractivity contribution in [3.63, 3.8) is 0 Å². The Hall–Kier alpha value is -3.27. The van der Waals surface area contributed by atoms with Gasteiger partial charge in [0.2, 0.25) is 10.9 Å². The second-order valence-corrected chi connectivity index (χ2v) is 6.75. The minimum Gasteiger partial charge on any atom is -0.493 e. The van der Waals surface area contributed by atoms with Gasteiger partial charge >= 0.3 is 0 Å². The van der Waals surface area contributed by atoms with E-state index in [1.54, 1.807) is 12.1 Å². The van der Waals surface area contributed by atoms with E-state index in [-0.39, 0.29) is 11.5 Å². The van der Waals surface area contributed by atoms with Crippen molar-refractivity contribution < 1.29 is 23.4 Å². The molecule has 0 aliphatic carbocycles. The number of hydrogen-bond acceptors (Lipinski definition) is 8. The lowest BCUT2D eigenvalue weighted by Gasteiger charge is -2.13. The molecule has 152 valence electrons. The molecule has 0 aliphatic heterocycles. The molecular weight excluding hydrogens is 399 g/mol.